The van der Waals surface area contributed by atoms with Crippen LogP contribution in [-0.4, -0.2) is 39.8 Å². The van der Waals surface area contributed by atoms with Gasteiger partial charge in [0.2, 0.25) is 0 Å². The zero-order valence-corrected chi connectivity index (χ0v) is 13.4. The average molecular weight is 308 g/mol. The predicted octanol–water partition coefficient (Wildman–Crippen LogP) is 2.06. The van der Waals surface area contributed by atoms with Crippen molar-refractivity contribution in [3.63, 3.8) is 0 Å². The van der Waals surface area contributed by atoms with Crippen LogP contribution in [-0.2, 0) is 9.84 Å². The first-order chi connectivity index (χ1) is 10.1. The standard InChI is InChI=1S/C16H24N2O2S/c1-2-9-17-10-13-11-18(12-13)14-3-5-15(6-4-14)21(19,20)16-7-8-16/h3-6,13,16-17H,2,7-12H2,1H3. The minimum absolute atomic E-state index is 0.124. The maximum Gasteiger partial charge on any atom is 0.181 e. The molecule has 116 valence electrons. The van der Waals surface area contributed by atoms with E-state index in [9.17, 15) is 8.42 Å². The first-order valence-electron chi connectivity index (χ1n) is 7.91. The molecule has 0 amide bonds. The van der Waals surface area contributed by atoms with E-state index in [1.807, 2.05) is 12.1 Å². The summed E-state index contributed by atoms with van der Waals surface area (Å²) in [6.07, 6.45) is 2.82. The second kappa shape index (κ2) is 5.97. The average Bonchev–Trinajstić information content (AvgIpc) is 3.26. The number of anilines is 1. The summed E-state index contributed by atoms with van der Waals surface area (Å²) in [5.74, 6) is 0.714. The molecule has 5 heteroatoms. The Kier molecular flexibility index (Phi) is 4.22. The van der Waals surface area contributed by atoms with Gasteiger partial charge >= 0.3 is 0 Å². The van der Waals surface area contributed by atoms with Gasteiger partial charge in [0.15, 0.2) is 9.84 Å². The highest BCUT2D eigenvalue weighted by atomic mass is 32.2. The molecule has 1 saturated heterocycles. The van der Waals surface area contributed by atoms with Crippen molar-refractivity contribution in [1.29, 1.82) is 0 Å². The van der Waals surface area contributed by atoms with Crippen molar-refractivity contribution in [2.45, 2.75) is 36.3 Å². The Balaban J connectivity index is 1.54. The maximum absolute atomic E-state index is 12.1. The van der Waals surface area contributed by atoms with Gasteiger partial charge in [0.1, 0.15) is 0 Å². The van der Waals surface area contributed by atoms with Gasteiger partial charge in [0, 0.05) is 31.2 Å². The lowest BCUT2D eigenvalue weighted by Crippen LogP contribution is -2.50. The van der Waals surface area contributed by atoms with Crippen LogP contribution in [0, 0.1) is 5.92 Å². The van der Waals surface area contributed by atoms with Gasteiger partial charge in [-0.1, -0.05) is 6.92 Å². The second-order valence-electron chi connectivity index (χ2n) is 6.21. The molecule has 2 fully saturated rings. The summed E-state index contributed by atoms with van der Waals surface area (Å²) in [7, 11) is -3.05. The maximum atomic E-state index is 12.1. The summed E-state index contributed by atoms with van der Waals surface area (Å²) < 4.78 is 24.3. The van der Waals surface area contributed by atoms with Crippen LogP contribution in [0.1, 0.15) is 26.2 Å². The first-order valence-corrected chi connectivity index (χ1v) is 9.45. The molecule has 2 aliphatic rings. The van der Waals surface area contributed by atoms with Crippen LogP contribution < -0.4 is 10.2 Å². The van der Waals surface area contributed by atoms with Gasteiger partial charge in [-0.05, 0) is 50.1 Å². The fraction of sp³-hybridized carbons (Fsp3) is 0.625. The smallest absolute Gasteiger partial charge is 0.181 e. The molecule has 1 saturated carbocycles. The van der Waals surface area contributed by atoms with E-state index >= 15 is 0 Å². The van der Waals surface area contributed by atoms with Gasteiger partial charge in [-0.3, -0.25) is 0 Å². The van der Waals surface area contributed by atoms with E-state index in [1.54, 1.807) is 12.1 Å². The molecule has 0 unspecified atom stereocenters. The molecule has 1 aliphatic carbocycles. The Morgan fingerprint density at radius 3 is 2.43 bits per heavy atom. The van der Waals surface area contributed by atoms with Crippen LogP contribution in [0.4, 0.5) is 5.69 Å². The third-order valence-corrected chi connectivity index (χ3v) is 6.59. The minimum atomic E-state index is -3.05. The van der Waals surface area contributed by atoms with Crippen molar-refractivity contribution in [3.05, 3.63) is 24.3 Å². The van der Waals surface area contributed by atoms with Crippen LogP contribution in [0.2, 0.25) is 0 Å². The highest BCUT2D eigenvalue weighted by Gasteiger charge is 2.37. The van der Waals surface area contributed by atoms with E-state index in [0.717, 1.165) is 44.7 Å². The molecule has 1 N–H and O–H groups in total. The van der Waals surface area contributed by atoms with Gasteiger partial charge in [-0.2, -0.15) is 0 Å². The van der Waals surface area contributed by atoms with Crippen LogP contribution in [0.25, 0.3) is 0 Å². The van der Waals surface area contributed by atoms with E-state index in [0.29, 0.717) is 10.8 Å². The largest absolute Gasteiger partial charge is 0.371 e. The van der Waals surface area contributed by atoms with Crippen LogP contribution in [0.15, 0.2) is 29.2 Å². The topological polar surface area (TPSA) is 49.4 Å². The fourth-order valence-electron chi connectivity index (χ4n) is 2.81. The first kappa shape index (κ1) is 14.9. The van der Waals surface area contributed by atoms with Crippen molar-refractivity contribution in [2.75, 3.05) is 31.1 Å². The SMILES string of the molecule is CCCNCC1CN(c2ccc(S(=O)(=O)C3CC3)cc2)C1. The van der Waals surface area contributed by atoms with Crippen molar-refractivity contribution in [2.24, 2.45) is 5.92 Å². The molecule has 0 spiro atoms. The Morgan fingerprint density at radius 1 is 1.19 bits per heavy atom. The molecule has 1 aliphatic heterocycles. The summed E-state index contributed by atoms with van der Waals surface area (Å²) in [4.78, 5) is 2.79. The number of rotatable bonds is 7. The van der Waals surface area contributed by atoms with Crippen LogP contribution in [0.5, 0.6) is 0 Å². The van der Waals surface area contributed by atoms with E-state index in [-0.39, 0.29) is 5.25 Å². The molecule has 4 nitrogen and oxygen atoms in total. The van der Waals surface area contributed by atoms with Crippen LogP contribution >= 0.6 is 0 Å². The Morgan fingerprint density at radius 2 is 1.86 bits per heavy atom. The summed E-state index contributed by atoms with van der Waals surface area (Å²) >= 11 is 0. The van der Waals surface area contributed by atoms with Crippen LogP contribution in [0.3, 0.4) is 0 Å². The number of hydrogen-bond donors (Lipinski definition) is 1. The molecule has 0 aromatic heterocycles. The summed E-state index contributed by atoms with van der Waals surface area (Å²) in [6, 6.07) is 7.44. The number of nitrogens with one attached hydrogen (secondary N) is 1. The van der Waals surface area contributed by atoms with Crippen molar-refractivity contribution in [1.82, 2.24) is 5.32 Å². The van der Waals surface area contributed by atoms with Gasteiger partial charge in [-0.15, -0.1) is 0 Å². The number of hydrogen-bond acceptors (Lipinski definition) is 4. The molecule has 21 heavy (non-hydrogen) atoms. The number of nitrogens with zero attached hydrogens (tertiary/aromatic N) is 1. The molecule has 0 radical (unpaired) electrons. The molecule has 1 aromatic rings. The lowest BCUT2D eigenvalue weighted by molar-refractivity contribution is 0.386. The van der Waals surface area contributed by atoms with Gasteiger partial charge in [0.05, 0.1) is 10.1 Å². The normalized spacial score (nSPS) is 19.6. The second-order valence-corrected chi connectivity index (χ2v) is 8.44. The van der Waals surface area contributed by atoms with Crippen molar-refractivity contribution in [3.8, 4) is 0 Å². The third kappa shape index (κ3) is 3.24. The van der Waals surface area contributed by atoms with E-state index < -0.39 is 9.84 Å². The molecular formula is C16H24N2O2S. The van der Waals surface area contributed by atoms with Crippen molar-refractivity contribution < 1.29 is 8.42 Å². The molecule has 3 rings (SSSR count). The van der Waals surface area contributed by atoms with E-state index in [2.05, 4.69) is 17.1 Å². The zero-order valence-electron chi connectivity index (χ0n) is 12.6. The van der Waals surface area contributed by atoms with E-state index in [4.69, 9.17) is 0 Å². The lowest BCUT2D eigenvalue weighted by Gasteiger charge is -2.41. The van der Waals surface area contributed by atoms with E-state index in [1.165, 1.54) is 6.42 Å². The van der Waals surface area contributed by atoms with Gasteiger partial charge in [-0.25, -0.2) is 8.42 Å². The molecule has 0 atom stereocenters. The summed E-state index contributed by atoms with van der Waals surface area (Å²) in [5.41, 5.74) is 1.14. The Labute approximate surface area is 127 Å². The van der Waals surface area contributed by atoms with Crippen molar-refractivity contribution >= 4 is 15.5 Å². The zero-order chi connectivity index (χ0) is 14.9. The minimum Gasteiger partial charge on any atom is -0.371 e. The Bertz CT molecular complexity index is 573. The lowest BCUT2D eigenvalue weighted by atomic mass is 9.99. The fourth-order valence-corrected chi connectivity index (χ4v) is 4.47. The third-order valence-electron chi connectivity index (χ3n) is 4.31. The monoisotopic (exact) mass is 308 g/mol. The Hall–Kier alpha value is -1.07. The number of sulfone groups is 1. The summed E-state index contributed by atoms with van der Waals surface area (Å²) in [6.45, 7) is 6.47. The van der Waals surface area contributed by atoms with Gasteiger partial charge < -0.3 is 10.2 Å². The molecule has 1 aromatic carbocycles. The molecule has 1 heterocycles. The molecular weight excluding hydrogens is 284 g/mol. The van der Waals surface area contributed by atoms with Gasteiger partial charge in [0.25, 0.3) is 0 Å². The highest BCUT2D eigenvalue weighted by molar-refractivity contribution is 7.92. The summed E-state index contributed by atoms with van der Waals surface area (Å²) in [5, 5.41) is 3.33. The quantitative estimate of drug-likeness (QED) is 0.783. The highest BCUT2D eigenvalue weighted by Crippen LogP contribution is 2.34. The molecule has 0 bridgehead atoms. The predicted molar refractivity (Wildman–Crippen MR) is 85.5 cm³/mol. The number of benzene rings is 1.